The van der Waals surface area contributed by atoms with Gasteiger partial charge in [0.05, 0.1) is 17.6 Å². The average Bonchev–Trinajstić information content (AvgIpc) is 2.61. The van der Waals surface area contributed by atoms with E-state index in [4.69, 9.17) is 4.74 Å². The van der Waals surface area contributed by atoms with Crippen LogP contribution in [-0.2, 0) is 21.3 Å². The second-order valence-electron chi connectivity index (χ2n) is 6.48. The van der Waals surface area contributed by atoms with Gasteiger partial charge in [0, 0.05) is 26.2 Å². The van der Waals surface area contributed by atoms with Crippen LogP contribution in [0.15, 0.2) is 53.4 Å². The molecule has 0 radical (unpaired) electrons. The number of hydrogen-bond acceptors (Lipinski definition) is 4. The third-order valence-electron chi connectivity index (χ3n) is 4.40. The van der Waals surface area contributed by atoms with Gasteiger partial charge in [0.15, 0.2) is 0 Å². The van der Waals surface area contributed by atoms with Gasteiger partial charge in [0.2, 0.25) is 10.0 Å². The normalized spacial score (nSPS) is 18.8. The standard InChI is InChI=1S/C19H23FN2O3S/c1-15-11-17(20)7-8-19(15)26(23,24)21-12-18-14-22(9-10-25-18)13-16-5-3-2-4-6-16/h2-8,11,18,21H,9-10,12-14H2,1H3. The van der Waals surface area contributed by atoms with Gasteiger partial charge in [-0.3, -0.25) is 4.90 Å². The Bertz CT molecular complexity index is 843. The molecule has 1 aliphatic heterocycles. The number of nitrogens with zero attached hydrogens (tertiary/aromatic N) is 1. The second kappa shape index (κ2) is 8.26. The van der Waals surface area contributed by atoms with Crippen molar-refractivity contribution in [3.05, 3.63) is 65.5 Å². The van der Waals surface area contributed by atoms with Crippen molar-refractivity contribution in [3.8, 4) is 0 Å². The van der Waals surface area contributed by atoms with E-state index in [1.807, 2.05) is 18.2 Å². The molecule has 1 N–H and O–H groups in total. The van der Waals surface area contributed by atoms with Crippen LogP contribution in [0.3, 0.4) is 0 Å². The van der Waals surface area contributed by atoms with Crippen molar-refractivity contribution in [3.63, 3.8) is 0 Å². The molecule has 1 heterocycles. The molecule has 3 rings (SSSR count). The van der Waals surface area contributed by atoms with Gasteiger partial charge < -0.3 is 4.74 Å². The smallest absolute Gasteiger partial charge is 0.240 e. The third-order valence-corrected chi connectivity index (χ3v) is 5.98. The largest absolute Gasteiger partial charge is 0.374 e. The van der Waals surface area contributed by atoms with Crippen LogP contribution in [0.2, 0.25) is 0 Å². The fourth-order valence-electron chi connectivity index (χ4n) is 3.08. The van der Waals surface area contributed by atoms with Crippen LogP contribution in [0.4, 0.5) is 4.39 Å². The predicted molar refractivity (Wildman–Crippen MR) is 97.8 cm³/mol. The Morgan fingerprint density at radius 2 is 2.00 bits per heavy atom. The highest BCUT2D eigenvalue weighted by atomic mass is 32.2. The van der Waals surface area contributed by atoms with Gasteiger partial charge in [-0.05, 0) is 36.2 Å². The van der Waals surface area contributed by atoms with Gasteiger partial charge in [-0.2, -0.15) is 0 Å². The number of benzene rings is 2. The molecule has 1 fully saturated rings. The van der Waals surface area contributed by atoms with Crippen LogP contribution in [-0.4, -0.2) is 45.7 Å². The van der Waals surface area contributed by atoms with E-state index in [9.17, 15) is 12.8 Å². The number of ether oxygens (including phenoxy) is 1. The summed E-state index contributed by atoms with van der Waals surface area (Å²) in [5, 5.41) is 0. The van der Waals surface area contributed by atoms with Gasteiger partial charge in [-0.15, -0.1) is 0 Å². The molecular weight excluding hydrogens is 355 g/mol. The SMILES string of the molecule is Cc1cc(F)ccc1S(=O)(=O)NCC1CN(Cc2ccccc2)CCO1. The summed E-state index contributed by atoms with van der Waals surface area (Å²) in [5.74, 6) is -0.450. The van der Waals surface area contributed by atoms with Gasteiger partial charge in [0.1, 0.15) is 5.82 Å². The molecule has 0 saturated carbocycles. The predicted octanol–water partition coefficient (Wildman–Crippen LogP) is 2.31. The molecule has 2 aromatic carbocycles. The van der Waals surface area contributed by atoms with E-state index in [-0.39, 0.29) is 17.5 Å². The molecule has 7 heteroatoms. The van der Waals surface area contributed by atoms with Gasteiger partial charge >= 0.3 is 0 Å². The Balaban J connectivity index is 1.58. The summed E-state index contributed by atoms with van der Waals surface area (Å²) in [7, 11) is -3.70. The van der Waals surface area contributed by atoms with Crippen molar-refractivity contribution in [1.29, 1.82) is 0 Å². The summed E-state index contributed by atoms with van der Waals surface area (Å²) in [5.41, 5.74) is 1.60. The van der Waals surface area contributed by atoms with Crippen LogP contribution < -0.4 is 4.72 Å². The van der Waals surface area contributed by atoms with E-state index < -0.39 is 15.8 Å². The first-order valence-electron chi connectivity index (χ1n) is 8.58. The molecule has 1 aliphatic rings. The van der Waals surface area contributed by atoms with E-state index >= 15 is 0 Å². The molecule has 1 unspecified atom stereocenters. The van der Waals surface area contributed by atoms with Crippen LogP contribution >= 0.6 is 0 Å². The maximum atomic E-state index is 13.2. The van der Waals surface area contributed by atoms with Crippen molar-refractivity contribution < 1.29 is 17.5 Å². The zero-order valence-electron chi connectivity index (χ0n) is 14.7. The summed E-state index contributed by atoms with van der Waals surface area (Å²) in [6.45, 7) is 4.61. The lowest BCUT2D eigenvalue weighted by molar-refractivity contribution is -0.0276. The molecule has 1 atom stereocenters. The van der Waals surface area contributed by atoms with Crippen molar-refractivity contribution in [2.75, 3.05) is 26.2 Å². The summed E-state index contributed by atoms with van der Waals surface area (Å²) >= 11 is 0. The third kappa shape index (κ3) is 4.88. The highest BCUT2D eigenvalue weighted by Crippen LogP contribution is 2.16. The molecule has 0 amide bonds. The van der Waals surface area contributed by atoms with Crippen molar-refractivity contribution in [1.82, 2.24) is 9.62 Å². The van der Waals surface area contributed by atoms with Crippen LogP contribution in [0.25, 0.3) is 0 Å². The number of aryl methyl sites for hydroxylation is 1. The van der Waals surface area contributed by atoms with Gasteiger partial charge in [0.25, 0.3) is 0 Å². The van der Waals surface area contributed by atoms with Crippen LogP contribution in [0.1, 0.15) is 11.1 Å². The lowest BCUT2D eigenvalue weighted by Gasteiger charge is -2.33. The van der Waals surface area contributed by atoms with E-state index in [0.717, 1.165) is 19.2 Å². The quantitative estimate of drug-likeness (QED) is 0.838. The fourth-order valence-corrected chi connectivity index (χ4v) is 4.37. The van der Waals surface area contributed by atoms with Crippen molar-refractivity contribution in [2.24, 2.45) is 0 Å². The molecule has 26 heavy (non-hydrogen) atoms. The maximum Gasteiger partial charge on any atom is 0.240 e. The minimum Gasteiger partial charge on any atom is -0.374 e. The monoisotopic (exact) mass is 378 g/mol. The summed E-state index contributed by atoms with van der Waals surface area (Å²) in [4.78, 5) is 2.34. The minimum absolute atomic E-state index is 0.0934. The number of morpholine rings is 1. The van der Waals surface area contributed by atoms with Crippen molar-refractivity contribution in [2.45, 2.75) is 24.5 Å². The average molecular weight is 378 g/mol. The van der Waals surface area contributed by atoms with Crippen LogP contribution in [0, 0.1) is 12.7 Å². The Hall–Kier alpha value is -1.80. The van der Waals surface area contributed by atoms with Gasteiger partial charge in [-0.1, -0.05) is 30.3 Å². The molecule has 0 bridgehead atoms. The maximum absolute atomic E-state index is 13.2. The molecule has 5 nitrogen and oxygen atoms in total. The molecule has 140 valence electrons. The zero-order valence-corrected chi connectivity index (χ0v) is 15.5. The number of sulfonamides is 1. The van der Waals surface area contributed by atoms with E-state index in [1.54, 1.807) is 6.92 Å². The lowest BCUT2D eigenvalue weighted by atomic mass is 10.2. The van der Waals surface area contributed by atoms with E-state index in [0.29, 0.717) is 18.7 Å². The van der Waals surface area contributed by atoms with E-state index in [2.05, 4.69) is 21.8 Å². The summed E-state index contributed by atoms with van der Waals surface area (Å²) in [6, 6.07) is 13.8. The molecule has 0 aliphatic carbocycles. The zero-order chi connectivity index (χ0) is 18.6. The van der Waals surface area contributed by atoms with Gasteiger partial charge in [-0.25, -0.2) is 17.5 Å². The Labute approximate surface area is 153 Å². The van der Waals surface area contributed by atoms with Crippen LogP contribution in [0.5, 0.6) is 0 Å². The number of halogens is 1. The highest BCUT2D eigenvalue weighted by Gasteiger charge is 2.24. The molecular formula is C19H23FN2O3S. The Kier molecular flexibility index (Phi) is 6.03. The Morgan fingerprint density at radius 1 is 1.23 bits per heavy atom. The number of hydrogen-bond donors (Lipinski definition) is 1. The second-order valence-corrected chi connectivity index (χ2v) is 8.21. The molecule has 2 aromatic rings. The lowest BCUT2D eigenvalue weighted by Crippen LogP contribution is -2.47. The number of nitrogens with one attached hydrogen (secondary N) is 1. The first-order chi connectivity index (χ1) is 12.4. The number of rotatable bonds is 6. The summed E-state index contributed by atoms with van der Waals surface area (Å²) in [6.07, 6.45) is -0.219. The van der Waals surface area contributed by atoms with Crippen molar-refractivity contribution >= 4 is 10.0 Å². The molecule has 0 aromatic heterocycles. The first-order valence-corrected chi connectivity index (χ1v) is 10.1. The Morgan fingerprint density at radius 3 is 2.73 bits per heavy atom. The minimum atomic E-state index is -3.70. The molecule has 0 spiro atoms. The highest BCUT2D eigenvalue weighted by molar-refractivity contribution is 7.89. The topological polar surface area (TPSA) is 58.6 Å². The summed E-state index contributed by atoms with van der Waals surface area (Å²) < 4.78 is 46.4. The van der Waals surface area contributed by atoms with E-state index in [1.165, 1.54) is 17.7 Å². The fraction of sp³-hybridized carbons (Fsp3) is 0.368. The first kappa shape index (κ1) is 19.0. The molecule has 1 saturated heterocycles.